The van der Waals surface area contributed by atoms with Gasteiger partial charge in [-0.05, 0) is 55.0 Å². The van der Waals surface area contributed by atoms with Crippen LogP contribution >= 0.6 is 24.0 Å². The molecule has 3 rings (SSSR count). The average molecular weight is 473 g/mol. The molecule has 2 N–H and O–H groups in total. The molecule has 8 nitrogen and oxygen atoms in total. The molecule has 0 unspecified atom stereocenters. The van der Waals surface area contributed by atoms with Crippen LogP contribution in [-0.4, -0.2) is 52.4 Å². The maximum absolute atomic E-state index is 12.7. The van der Waals surface area contributed by atoms with Crippen LogP contribution in [0.1, 0.15) is 22.8 Å². The van der Waals surface area contributed by atoms with Crippen LogP contribution in [0.25, 0.3) is 6.08 Å². The largest absolute Gasteiger partial charge is 0.504 e. The molecule has 0 spiro atoms. The molecular weight excluding hydrogens is 452 g/mol. The fourth-order valence-electron chi connectivity index (χ4n) is 2.82. The van der Waals surface area contributed by atoms with E-state index >= 15 is 0 Å². The highest BCUT2D eigenvalue weighted by Gasteiger charge is 2.33. The number of hydrogen-bond donors (Lipinski definition) is 2. The van der Waals surface area contributed by atoms with E-state index < -0.39 is 11.9 Å². The number of phenolic OH excluding ortho intramolecular Hbond substituents is 1. The number of nitrogens with one attached hydrogen (secondary N) is 1. The first kappa shape index (κ1) is 23.3. The summed E-state index contributed by atoms with van der Waals surface area (Å²) in [6.45, 7) is 1.74. The molecule has 166 valence electrons. The second-order valence-electron chi connectivity index (χ2n) is 6.55. The summed E-state index contributed by atoms with van der Waals surface area (Å²) < 4.78 is 10.3. The predicted octanol–water partition coefficient (Wildman–Crippen LogP) is 3.42. The van der Waals surface area contributed by atoms with E-state index in [-0.39, 0.29) is 34.9 Å². The lowest BCUT2D eigenvalue weighted by Crippen LogP contribution is -2.36. The number of phenols is 1. The maximum Gasteiger partial charge on any atom is 0.338 e. The van der Waals surface area contributed by atoms with Crippen molar-refractivity contribution in [2.24, 2.45) is 0 Å². The first-order valence-corrected chi connectivity index (χ1v) is 10.7. The van der Waals surface area contributed by atoms with Gasteiger partial charge in [-0.25, -0.2) is 4.79 Å². The van der Waals surface area contributed by atoms with E-state index in [4.69, 9.17) is 21.7 Å². The number of esters is 1. The van der Waals surface area contributed by atoms with E-state index in [0.717, 1.165) is 11.8 Å². The van der Waals surface area contributed by atoms with Gasteiger partial charge in [0.05, 0.1) is 24.2 Å². The second kappa shape index (κ2) is 10.3. The molecule has 1 aliphatic rings. The number of rotatable bonds is 7. The van der Waals surface area contributed by atoms with Crippen molar-refractivity contribution in [2.75, 3.05) is 25.6 Å². The first-order chi connectivity index (χ1) is 15.3. The Morgan fingerprint density at radius 3 is 2.59 bits per heavy atom. The van der Waals surface area contributed by atoms with Gasteiger partial charge in [-0.3, -0.25) is 14.5 Å². The Morgan fingerprint density at radius 1 is 1.22 bits per heavy atom. The van der Waals surface area contributed by atoms with Crippen LogP contribution in [0.4, 0.5) is 5.69 Å². The van der Waals surface area contributed by atoms with Crippen molar-refractivity contribution in [3.63, 3.8) is 0 Å². The smallest absolute Gasteiger partial charge is 0.338 e. The summed E-state index contributed by atoms with van der Waals surface area (Å²) in [5.74, 6) is -0.995. The van der Waals surface area contributed by atoms with Crippen LogP contribution in [0.2, 0.25) is 0 Å². The number of ether oxygens (including phenoxy) is 2. The Hall–Kier alpha value is -3.37. The number of thiocarbonyl (C=S) groups is 1. The molecule has 2 amide bonds. The normalized spacial score (nSPS) is 14.6. The number of methoxy groups -OCH3 is 1. The quantitative estimate of drug-likeness (QED) is 0.359. The van der Waals surface area contributed by atoms with Crippen LogP contribution in [0.5, 0.6) is 11.5 Å². The molecule has 2 aromatic carbocycles. The molecule has 1 heterocycles. The number of carbonyl (C=O) groups excluding carboxylic acids is 3. The van der Waals surface area contributed by atoms with Crippen LogP contribution in [0, 0.1) is 0 Å². The van der Waals surface area contributed by atoms with Gasteiger partial charge < -0.3 is 19.9 Å². The summed E-state index contributed by atoms with van der Waals surface area (Å²) in [5, 5.41) is 12.4. The zero-order valence-electron chi connectivity index (χ0n) is 17.3. The summed E-state index contributed by atoms with van der Waals surface area (Å²) in [5.41, 5.74) is 1.49. The highest BCUT2D eigenvalue weighted by Crippen LogP contribution is 2.34. The Morgan fingerprint density at radius 2 is 1.94 bits per heavy atom. The molecule has 1 aliphatic heterocycles. The molecule has 0 bridgehead atoms. The molecule has 32 heavy (non-hydrogen) atoms. The SMILES string of the molecule is CCOC(=O)c1ccc(NC(=O)CN2C(=O)/C(=C/c3ccc(O)c(OC)c3)SC2=S)cc1. The zero-order valence-corrected chi connectivity index (χ0v) is 18.9. The molecule has 0 aliphatic carbocycles. The molecule has 0 atom stereocenters. The Balaban J connectivity index is 1.65. The minimum Gasteiger partial charge on any atom is -0.504 e. The third-order valence-electron chi connectivity index (χ3n) is 4.36. The molecule has 2 aromatic rings. The van der Waals surface area contributed by atoms with Crippen LogP contribution in [-0.2, 0) is 14.3 Å². The van der Waals surface area contributed by atoms with Gasteiger partial charge in [0.25, 0.3) is 5.91 Å². The highest BCUT2D eigenvalue weighted by molar-refractivity contribution is 8.26. The van der Waals surface area contributed by atoms with Crippen molar-refractivity contribution in [2.45, 2.75) is 6.92 Å². The average Bonchev–Trinajstić information content (AvgIpc) is 3.03. The third kappa shape index (κ3) is 5.45. The highest BCUT2D eigenvalue weighted by atomic mass is 32.2. The van der Waals surface area contributed by atoms with Gasteiger partial charge in [0, 0.05) is 5.69 Å². The van der Waals surface area contributed by atoms with E-state index in [2.05, 4.69) is 5.32 Å². The summed E-state index contributed by atoms with van der Waals surface area (Å²) in [6.07, 6.45) is 1.62. The number of nitrogens with zero attached hydrogens (tertiary/aromatic N) is 1. The van der Waals surface area contributed by atoms with Crippen molar-refractivity contribution in [3.05, 3.63) is 58.5 Å². The van der Waals surface area contributed by atoms with E-state index in [1.807, 2.05) is 0 Å². The zero-order chi connectivity index (χ0) is 23.3. The predicted molar refractivity (Wildman–Crippen MR) is 126 cm³/mol. The van der Waals surface area contributed by atoms with Crippen molar-refractivity contribution < 1.29 is 29.0 Å². The molecule has 0 aromatic heterocycles. The van der Waals surface area contributed by atoms with Gasteiger partial charge >= 0.3 is 5.97 Å². The van der Waals surface area contributed by atoms with E-state index in [0.29, 0.717) is 21.7 Å². The lowest BCUT2D eigenvalue weighted by atomic mass is 10.2. The summed E-state index contributed by atoms with van der Waals surface area (Å²) in [4.78, 5) is 38.5. The number of hydrogen-bond acceptors (Lipinski definition) is 8. The maximum atomic E-state index is 12.7. The number of thioether (sulfide) groups is 1. The number of carbonyl (C=O) groups is 3. The van der Waals surface area contributed by atoms with Gasteiger partial charge in [0.15, 0.2) is 11.5 Å². The van der Waals surface area contributed by atoms with E-state index in [9.17, 15) is 19.5 Å². The topological polar surface area (TPSA) is 105 Å². The van der Waals surface area contributed by atoms with Crippen molar-refractivity contribution in [1.82, 2.24) is 4.90 Å². The van der Waals surface area contributed by atoms with Crippen LogP contribution in [0.15, 0.2) is 47.4 Å². The number of amides is 2. The van der Waals surface area contributed by atoms with Gasteiger partial charge in [-0.15, -0.1) is 0 Å². The standard InChI is InChI=1S/C22H20N2O6S2/c1-3-30-21(28)14-5-7-15(8-6-14)23-19(26)12-24-20(27)18(32-22(24)31)11-13-4-9-16(25)17(10-13)29-2/h4-11,25H,3,12H2,1-2H3,(H,23,26)/b18-11-. The Kier molecular flexibility index (Phi) is 7.49. The lowest BCUT2D eigenvalue weighted by molar-refractivity contribution is -0.126. The Labute approximate surface area is 194 Å². The van der Waals surface area contributed by atoms with E-state index in [1.165, 1.54) is 18.1 Å². The van der Waals surface area contributed by atoms with Gasteiger partial charge in [-0.1, -0.05) is 30.0 Å². The number of aromatic hydroxyl groups is 1. The molecule has 1 fully saturated rings. The van der Waals surface area contributed by atoms with Gasteiger partial charge in [0.1, 0.15) is 10.9 Å². The number of benzene rings is 2. The molecule has 0 saturated carbocycles. The summed E-state index contributed by atoms with van der Waals surface area (Å²) in [7, 11) is 1.43. The summed E-state index contributed by atoms with van der Waals surface area (Å²) >= 11 is 6.35. The third-order valence-corrected chi connectivity index (χ3v) is 5.73. The minimum absolute atomic E-state index is 0.0100. The van der Waals surface area contributed by atoms with Gasteiger partial charge in [-0.2, -0.15) is 0 Å². The molecule has 0 radical (unpaired) electrons. The summed E-state index contributed by atoms with van der Waals surface area (Å²) in [6, 6.07) is 10.9. The van der Waals surface area contributed by atoms with Crippen LogP contribution < -0.4 is 10.1 Å². The fourth-order valence-corrected chi connectivity index (χ4v) is 4.07. The molecule has 1 saturated heterocycles. The van der Waals surface area contributed by atoms with Gasteiger partial charge in [0.2, 0.25) is 5.91 Å². The monoisotopic (exact) mass is 472 g/mol. The van der Waals surface area contributed by atoms with Crippen LogP contribution in [0.3, 0.4) is 0 Å². The lowest BCUT2D eigenvalue weighted by Gasteiger charge is -2.14. The number of anilines is 1. The van der Waals surface area contributed by atoms with Crippen molar-refractivity contribution >= 4 is 57.8 Å². The fraction of sp³-hybridized carbons (Fsp3) is 0.182. The minimum atomic E-state index is -0.444. The van der Waals surface area contributed by atoms with Crippen molar-refractivity contribution in [1.29, 1.82) is 0 Å². The van der Waals surface area contributed by atoms with E-state index in [1.54, 1.807) is 49.4 Å². The van der Waals surface area contributed by atoms with Crippen molar-refractivity contribution in [3.8, 4) is 11.5 Å². The molecular formula is C22H20N2O6S2. The second-order valence-corrected chi connectivity index (χ2v) is 8.22. The molecule has 10 heteroatoms. The Bertz CT molecular complexity index is 1100. The first-order valence-electron chi connectivity index (χ1n) is 9.51.